The van der Waals surface area contributed by atoms with Crippen molar-refractivity contribution >= 4 is 47.4 Å². The third-order valence-corrected chi connectivity index (χ3v) is 7.17. The smallest absolute Gasteiger partial charge is 0.261 e. The average Bonchev–Trinajstić information content (AvgIpc) is 3.38. The zero-order valence-electron chi connectivity index (χ0n) is 18.4. The van der Waals surface area contributed by atoms with Crippen molar-refractivity contribution in [1.82, 2.24) is 15.5 Å². The van der Waals surface area contributed by atoms with Crippen LogP contribution in [0.1, 0.15) is 44.9 Å². The Balaban J connectivity index is 1.40. The van der Waals surface area contributed by atoms with E-state index < -0.39 is 0 Å². The van der Waals surface area contributed by atoms with Gasteiger partial charge in [-0.25, -0.2) is 0 Å². The molecule has 2 N–H and O–H groups in total. The minimum Gasteiger partial charge on any atom is -0.346 e. The largest absolute Gasteiger partial charge is 0.346 e. The molecule has 2 aromatic rings. The molecule has 2 aliphatic rings. The summed E-state index contributed by atoms with van der Waals surface area (Å²) in [5.74, 6) is -0.226. The van der Waals surface area contributed by atoms with Gasteiger partial charge in [0.25, 0.3) is 11.8 Å². The first-order valence-electron chi connectivity index (χ1n) is 10.9. The Labute approximate surface area is 193 Å². The minimum absolute atomic E-state index is 0.0386. The van der Waals surface area contributed by atoms with Crippen LogP contribution in [0.25, 0.3) is 0 Å². The molecule has 32 heavy (non-hydrogen) atoms. The third kappa shape index (κ3) is 4.73. The maximum absolute atomic E-state index is 13.0. The van der Waals surface area contributed by atoms with E-state index in [1.165, 1.54) is 11.3 Å². The van der Waals surface area contributed by atoms with Crippen molar-refractivity contribution in [3.05, 3.63) is 46.3 Å². The number of rotatable bonds is 5. The third-order valence-electron chi connectivity index (χ3n) is 6.25. The van der Waals surface area contributed by atoms with Crippen molar-refractivity contribution in [3.63, 3.8) is 0 Å². The van der Waals surface area contributed by atoms with Crippen LogP contribution < -0.4 is 20.3 Å². The van der Waals surface area contributed by atoms with Gasteiger partial charge in [0, 0.05) is 43.3 Å². The molecule has 0 saturated carbocycles. The molecule has 1 unspecified atom stereocenters. The number of aryl methyl sites for hydroxylation is 1. The highest BCUT2D eigenvalue weighted by Crippen LogP contribution is 2.26. The van der Waals surface area contributed by atoms with E-state index in [9.17, 15) is 14.4 Å². The summed E-state index contributed by atoms with van der Waals surface area (Å²) < 4.78 is 0.579. The van der Waals surface area contributed by atoms with E-state index in [4.69, 9.17) is 7.85 Å². The molecule has 2 aliphatic heterocycles. The number of likely N-dealkylation sites (tertiary alicyclic amines) is 1. The van der Waals surface area contributed by atoms with Gasteiger partial charge in [-0.3, -0.25) is 14.4 Å². The number of nitrogens with zero attached hydrogens (tertiary/aromatic N) is 2. The number of piperidine rings is 1. The lowest BCUT2D eigenvalue weighted by molar-refractivity contribution is -0.117. The Morgan fingerprint density at radius 1 is 1.12 bits per heavy atom. The molecule has 3 amide bonds. The molecule has 1 aromatic carbocycles. The zero-order valence-corrected chi connectivity index (χ0v) is 19.2. The van der Waals surface area contributed by atoms with Crippen LogP contribution in [0.4, 0.5) is 5.69 Å². The quantitative estimate of drug-likeness (QED) is 0.672. The Morgan fingerprint density at radius 2 is 1.88 bits per heavy atom. The predicted octanol–water partition coefficient (Wildman–Crippen LogP) is 1.21. The molecule has 7 nitrogen and oxygen atoms in total. The van der Waals surface area contributed by atoms with Gasteiger partial charge in [0.2, 0.25) is 5.91 Å². The molecule has 2 saturated heterocycles. The Hall–Kier alpha value is -2.65. The number of carbonyl (C=O) groups excluding carboxylic acids is 3. The van der Waals surface area contributed by atoms with E-state index in [0.717, 1.165) is 37.2 Å². The highest BCUT2D eigenvalue weighted by molar-refractivity contribution is 7.21. The number of hydrogen-bond donors (Lipinski definition) is 2. The molecule has 0 bridgehead atoms. The fraction of sp³-hybridized carbons (Fsp3) is 0.435. The second-order valence-electron chi connectivity index (χ2n) is 8.44. The van der Waals surface area contributed by atoms with Gasteiger partial charge in [-0.2, -0.15) is 0 Å². The molecule has 166 valence electrons. The van der Waals surface area contributed by atoms with Gasteiger partial charge in [-0.15, -0.1) is 11.3 Å². The van der Waals surface area contributed by atoms with Crippen LogP contribution in [-0.4, -0.2) is 69.2 Å². The molecular formula is C23H27BN4O3S. The lowest BCUT2D eigenvalue weighted by Crippen LogP contribution is -2.44. The summed E-state index contributed by atoms with van der Waals surface area (Å²) in [6, 6.07) is 9.09. The van der Waals surface area contributed by atoms with Gasteiger partial charge in [0.05, 0.1) is 10.9 Å². The molecule has 1 aromatic heterocycles. The van der Waals surface area contributed by atoms with Crippen LogP contribution in [0.5, 0.6) is 0 Å². The first-order chi connectivity index (χ1) is 15.4. The molecule has 1 atom stereocenters. The van der Waals surface area contributed by atoms with Gasteiger partial charge in [0.1, 0.15) is 7.85 Å². The molecule has 2 radical (unpaired) electrons. The highest BCUT2D eigenvalue weighted by atomic mass is 32.1. The SMILES string of the molecule is [B]c1ccc(C(=O)NC2CC(=O)N(c3ccc(C(=O)N4CCC(NC)CC4)c(C)c3)C2)s1. The van der Waals surface area contributed by atoms with E-state index in [1.54, 1.807) is 17.0 Å². The van der Waals surface area contributed by atoms with E-state index >= 15 is 0 Å². The average molecular weight is 450 g/mol. The van der Waals surface area contributed by atoms with Crippen molar-refractivity contribution in [3.8, 4) is 0 Å². The summed E-state index contributed by atoms with van der Waals surface area (Å²) in [6.45, 7) is 3.79. The maximum atomic E-state index is 13.0. The van der Waals surface area contributed by atoms with E-state index in [1.807, 2.05) is 37.1 Å². The molecule has 2 fully saturated rings. The van der Waals surface area contributed by atoms with Crippen molar-refractivity contribution in [2.24, 2.45) is 0 Å². The van der Waals surface area contributed by atoms with Crippen LogP contribution in [-0.2, 0) is 4.79 Å². The summed E-state index contributed by atoms with van der Waals surface area (Å²) >= 11 is 1.22. The minimum atomic E-state index is -0.270. The van der Waals surface area contributed by atoms with Crippen LogP contribution in [0.15, 0.2) is 30.3 Å². The predicted molar refractivity (Wildman–Crippen MR) is 127 cm³/mol. The normalized spacial score (nSPS) is 19.4. The second-order valence-corrected chi connectivity index (χ2v) is 9.55. The van der Waals surface area contributed by atoms with E-state index in [0.29, 0.717) is 27.8 Å². The summed E-state index contributed by atoms with van der Waals surface area (Å²) in [5.41, 5.74) is 2.26. The number of hydrogen-bond acceptors (Lipinski definition) is 5. The number of nitrogens with one attached hydrogen (secondary N) is 2. The van der Waals surface area contributed by atoms with Crippen molar-refractivity contribution in [2.75, 3.05) is 31.6 Å². The summed E-state index contributed by atoms with van der Waals surface area (Å²) in [4.78, 5) is 42.1. The number of carbonyl (C=O) groups is 3. The maximum Gasteiger partial charge on any atom is 0.261 e. The van der Waals surface area contributed by atoms with Crippen molar-refractivity contribution in [2.45, 2.75) is 38.3 Å². The number of thiophene rings is 1. The monoisotopic (exact) mass is 450 g/mol. The number of benzene rings is 1. The van der Waals surface area contributed by atoms with Gasteiger partial charge in [-0.05, 0) is 61.4 Å². The molecule has 4 rings (SSSR count). The molecule has 9 heteroatoms. The lowest BCUT2D eigenvalue weighted by atomic mass is 10.0. The lowest BCUT2D eigenvalue weighted by Gasteiger charge is -2.32. The van der Waals surface area contributed by atoms with Crippen LogP contribution >= 0.6 is 11.3 Å². The van der Waals surface area contributed by atoms with Crippen molar-refractivity contribution < 1.29 is 14.4 Å². The number of anilines is 1. The first-order valence-corrected chi connectivity index (χ1v) is 11.7. The van der Waals surface area contributed by atoms with Gasteiger partial charge >= 0.3 is 0 Å². The fourth-order valence-corrected chi connectivity index (χ4v) is 5.06. The van der Waals surface area contributed by atoms with Crippen molar-refractivity contribution in [1.29, 1.82) is 0 Å². The van der Waals surface area contributed by atoms with Crippen LogP contribution in [0.3, 0.4) is 0 Å². The Bertz CT molecular complexity index is 1030. The number of amides is 3. The van der Waals surface area contributed by atoms with Gasteiger partial charge in [-0.1, -0.05) is 6.07 Å². The van der Waals surface area contributed by atoms with E-state index in [2.05, 4.69) is 10.6 Å². The highest BCUT2D eigenvalue weighted by Gasteiger charge is 2.32. The summed E-state index contributed by atoms with van der Waals surface area (Å²) in [6.07, 6.45) is 2.15. The van der Waals surface area contributed by atoms with Crippen LogP contribution in [0.2, 0.25) is 0 Å². The zero-order chi connectivity index (χ0) is 22.8. The van der Waals surface area contributed by atoms with Crippen LogP contribution in [0, 0.1) is 6.92 Å². The van der Waals surface area contributed by atoms with Gasteiger partial charge in [0.15, 0.2) is 0 Å². The Kier molecular flexibility index (Phi) is 6.67. The molecular weight excluding hydrogens is 423 g/mol. The molecule has 0 spiro atoms. The summed E-state index contributed by atoms with van der Waals surface area (Å²) in [7, 11) is 7.66. The van der Waals surface area contributed by atoms with E-state index in [-0.39, 0.29) is 30.2 Å². The summed E-state index contributed by atoms with van der Waals surface area (Å²) in [5, 5.41) is 6.20. The fourth-order valence-electron chi connectivity index (χ4n) is 4.38. The molecule has 0 aliphatic carbocycles. The topological polar surface area (TPSA) is 81.8 Å². The second kappa shape index (κ2) is 9.46. The standard InChI is InChI=1S/C23H27BN4O3S/c1-14-11-17(3-4-18(14)23(31)27-9-7-15(25-2)8-10-27)28-13-16(12-21(28)29)26-22(30)19-5-6-20(24)32-19/h3-6,11,15-16,25H,7-10,12-13H2,1-2H3,(H,26,30). The Morgan fingerprint density at radius 3 is 2.50 bits per heavy atom. The molecule has 3 heterocycles. The first kappa shape index (κ1) is 22.5. The van der Waals surface area contributed by atoms with Gasteiger partial charge < -0.3 is 20.4 Å².